The maximum Gasteiger partial charge on any atom is 0.399 e. The second-order valence-electron chi connectivity index (χ2n) is 6.06. The number of hydrogen-bond donors (Lipinski definition) is 0. The highest BCUT2D eigenvalue weighted by Gasteiger charge is 2.39. The molecule has 2 aromatic carbocycles. The van der Waals surface area contributed by atoms with E-state index in [1.54, 1.807) is 24.2 Å². The highest BCUT2D eigenvalue weighted by atomic mass is 35.5. The summed E-state index contributed by atoms with van der Waals surface area (Å²) < 4.78 is 40.8. The van der Waals surface area contributed by atoms with Crippen molar-refractivity contribution in [1.29, 1.82) is 0 Å². The summed E-state index contributed by atoms with van der Waals surface area (Å²) in [7, 11) is 1.73. The van der Waals surface area contributed by atoms with Crippen LogP contribution in [-0.2, 0) is 0 Å². The van der Waals surface area contributed by atoms with Crippen LogP contribution in [0.15, 0.2) is 52.6 Å². The molecule has 0 N–H and O–H groups in total. The molecule has 0 amide bonds. The van der Waals surface area contributed by atoms with Crippen LogP contribution < -0.4 is 5.01 Å². The van der Waals surface area contributed by atoms with E-state index < -0.39 is 12.1 Å². The molecule has 0 saturated heterocycles. The zero-order chi connectivity index (χ0) is 20.9. The van der Waals surface area contributed by atoms with E-state index in [2.05, 4.69) is 16.8 Å². The van der Waals surface area contributed by atoms with Gasteiger partial charge < -0.3 is 0 Å². The van der Waals surface area contributed by atoms with Crippen molar-refractivity contribution in [2.45, 2.75) is 19.0 Å². The first kappa shape index (κ1) is 22.0. The first-order valence-corrected chi connectivity index (χ1v) is 8.91. The molecule has 8 heteroatoms. The fourth-order valence-electron chi connectivity index (χ4n) is 2.59. The van der Waals surface area contributed by atoms with Crippen molar-refractivity contribution in [3.05, 3.63) is 69.2 Å². The Kier molecular flexibility index (Phi) is 7.27. The molecular formula is C20H18Cl2F3N3. The number of benzene rings is 2. The van der Waals surface area contributed by atoms with Crippen LogP contribution in [0.2, 0.25) is 10.0 Å². The van der Waals surface area contributed by atoms with Crippen molar-refractivity contribution in [2.75, 3.05) is 12.1 Å². The Hall–Kier alpha value is -2.31. The molecule has 0 spiro atoms. The van der Waals surface area contributed by atoms with Gasteiger partial charge in [0.05, 0.1) is 11.6 Å². The quantitative estimate of drug-likeness (QED) is 0.285. The molecule has 0 aliphatic rings. The Morgan fingerprint density at radius 2 is 1.75 bits per heavy atom. The predicted molar refractivity (Wildman–Crippen MR) is 112 cm³/mol. The molecule has 0 aliphatic carbocycles. The Balaban J connectivity index is 2.34. The molecule has 3 nitrogen and oxygen atoms in total. The SMILES string of the molecule is C=N/C=N\N(C)c1ccc(/C=C/C(c2cc(Cl)cc(Cl)c2)C(F)(F)F)c(C)c1. The predicted octanol–water partition coefficient (Wildman–Crippen LogP) is 6.74. The highest BCUT2D eigenvalue weighted by Crippen LogP contribution is 2.38. The first-order valence-electron chi connectivity index (χ1n) is 8.15. The van der Waals surface area contributed by atoms with Crippen LogP contribution in [0.3, 0.4) is 0 Å². The number of alkyl halides is 3. The van der Waals surface area contributed by atoms with Crippen LogP contribution in [0.25, 0.3) is 6.08 Å². The maximum atomic E-state index is 13.6. The molecule has 0 aliphatic heterocycles. The minimum Gasteiger partial charge on any atom is -0.267 e. The maximum absolute atomic E-state index is 13.6. The third-order valence-electron chi connectivity index (χ3n) is 4.00. The number of allylic oxidation sites excluding steroid dienone is 1. The minimum atomic E-state index is -4.48. The van der Waals surface area contributed by atoms with Gasteiger partial charge in [-0.25, -0.2) is 0 Å². The molecule has 0 fully saturated rings. The van der Waals surface area contributed by atoms with Crippen molar-refractivity contribution in [3.63, 3.8) is 0 Å². The number of nitrogens with zero attached hydrogens (tertiary/aromatic N) is 3. The fourth-order valence-corrected chi connectivity index (χ4v) is 3.14. The van der Waals surface area contributed by atoms with Gasteiger partial charge in [-0.2, -0.15) is 18.3 Å². The number of halogens is 5. The molecule has 0 saturated carbocycles. The monoisotopic (exact) mass is 427 g/mol. The highest BCUT2D eigenvalue weighted by molar-refractivity contribution is 6.34. The summed E-state index contributed by atoms with van der Waals surface area (Å²) in [5.41, 5.74) is 2.21. The standard InChI is InChI=1S/C20H18Cl2F3N3/c1-13-8-18(28(3)27-12-26-2)6-4-14(13)5-7-19(20(23,24)25)15-9-16(21)11-17(22)10-15/h4-12,19H,2H2,1,3H3/b7-5+,27-12-. The van der Waals surface area contributed by atoms with Gasteiger partial charge in [0.25, 0.3) is 0 Å². The number of hydrazone groups is 1. The first-order chi connectivity index (χ1) is 13.1. The van der Waals surface area contributed by atoms with E-state index in [4.69, 9.17) is 23.2 Å². The number of rotatable bonds is 6. The molecule has 28 heavy (non-hydrogen) atoms. The van der Waals surface area contributed by atoms with Gasteiger partial charge >= 0.3 is 6.18 Å². The van der Waals surface area contributed by atoms with E-state index in [1.807, 2.05) is 13.0 Å². The molecule has 2 aromatic rings. The van der Waals surface area contributed by atoms with Gasteiger partial charge in [0.2, 0.25) is 0 Å². The number of anilines is 1. The van der Waals surface area contributed by atoms with Crippen LogP contribution >= 0.6 is 23.2 Å². The normalized spacial score (nSPS) is 13.2. The second kappa shape index (κ2) is 9.26. The van der Waals surface area contributed by atoms with Crippen LogP contribution in [0, 0.1) is 6.92 Å². The lowest BCUT2D eigenvalue weighted by atomic mass is 9.96. The average Bonchev–Trinajstić information content (AvgIpc) is 2.59. The Morgan fingerprint density at radius 3 is 2.29 bits per heavy atom. The molecular weight excluding hydrogens is 410 g/mol. The topological polar surface area (TPSA) is 28.0 Å². The van der Waals surface area contributed by atoms with Gasteiger partial charge in [0, 0.05) is 17.1 Å². The number of hydrogen-bond acceptors (Lipinski definition) is 2. The summed E-state index contributed by atoms with van der Waals surface area (Å²) in [4.78, 5) is 3.53. The second-order valence-corrected chi connectivity index (χ2v) is 6.93. The van der Waals surface area contributed by atoms with Crippen LogP contribution in [0.4, 0.5) is 18.9 Å². The van der Waals surface area contributed by atoms with Gasteiger partial charge in [-0.1, -0.05) is 41.4 Å². The summed E-state index contributed by atoms with van der Waals surface area (Å²) >= 11 is 11.7. The van der Waals surface area contributed by atoms with Gasteiger partial charge in [0.1, 0.15) is 6.34 Å². The van der Waals surface area contributed by atoms with E-state index in [0.717, 1.165) is 17.3 Å². The number of aryl methyl sites for hydroxylation is 1. The van der Waals surface area contributed by atoms with E-state index in [1.165, 1.54) is 30.6 Å². The Morgan fingerprint density at radius 1 is 1.11 bits per heavy atom. The van der Waals surface area contributed by atoms with Crippen molar-refractivity contribution < 1.29 is 13.2 Å². The molecule has 0 aromatic heterocycles. The molecule has 2 rings (SSSR count). The molecule has 148 valence electrons. The van der Waals surface area contributed by atoms with Crippen molar-refractivity contribution in [2.24, 2.45) is 10.1 Å². The molecule has 0 heterocycles. The van der Waals surface area contributed by atoms with Crippen molar-refractivity contribution >= 4 is 48.0 Å². The third-order valence-corrected chi connectivity index (χ3v) is 4.43. The van der Waals surface area contributed by atoms with Crippen LogP contribution in [0.1, 0.15) is 22.6 Å². The Labute approximate surface area is 171 Å². The zero-order valence-corrected chi connectivity index (χ0v) is 16.7. The van der Waals surface area contributed by atoms with Crippen LogP contribution in [0.5, 0.6) is 0 Å². The fraction of sp³-hybridized carbons (Fsp3) is 0.200. The third kappa shape index (κ3) is 5.84. The summed E-state index contributed by atoms with van der Waals surface area (Å²) in [6.07, 6.45) is -0.633. The summed E-state index contributed by atoms with van der Waals surface area (Å²) in [5, 5.41) is 5.93. The smallest absolute Gasteiger partial charge is 0.267 e. The summed E-state index contributed by atoms with van der Waals surface area (Å²) in [5.74, 6) is -1.83. The number of aliphatic imine (C=N–C) groups is 1. The van der Waals surface area contributed by atoms with E-state index in [-0.39, 0.29) is 15.6 Å². The molecule has 0 bridgehead atoms. The van der Waals surface area contributed by atoms with Gasteiger partial charge in [-0.3, -0.25) is 10.0 Å². The van der Waals surface area contributed by atoms with Crippen molar-refractivity contribution in [1.82, 2.24) is 0 Å². The molecule has 1 atom stereocenters. The molecule has 0 radical (unpaired) electrons. The van der Waals surface area contributed by atoms with E-state index >= 15 is 0 Å². The molecule has 1 unspecified atom stereocenters. The van der Waals surface area contributed by atoms with Gasteiger partial charge in [-0.15, -0.1) is 0 Å². The summed E-state index contributed by atoms with van der Waals surface area (Å²) in [6.45, 7) is 5.12. The van der Waals surface area contributed by atoms with Gasteiger partial charge in [0.15, 0.2) is 0 Å². The largest absolute Gasteiger partial charge is 0.399 e. The average molecular weight is 428 g/mol. The van der Waals surface area contributed by atoms with E-state index in [0.29, 0.717) is 5.56 Å². The summed E-state index contributed by atoms with van der Waals surface area (Å²) in [6, 6.07) is 9.24. The lowest BCUT2D eigenvalue weighted by Crippen LogP contribution is -2.19. The van der Waals surface area contributed by atoms with Crippen LogP contribution in [-0.4, -0.2) is 26.3 Å². The van der Waals surface area contributed by atoms with Crippen molar-refractivity contribution in [3.8, 4) is 0 Å². The minimum absolute atomic E-state index is 0.0125. The van der Waals surface area contributed by atoms with Gasteiger partial charge in [-0.05, 0) is 60.7 Å². The zero-order valence-electron chi connectivity index (χ0n) is 15.2. The van der Waals surface area contributed by atoms with E-state index in [9.17, 15) is 13.2 Å². The Bertz CT molecular complexity index is 888. The lowest BCUT2D eigenvalue weighted by Gasteiger charge is -2.18. The lowest BCUT2D eigenvalue weighted by molar-refractivity contribution is -0.139.